The van der Waals surface area contributed by atoms with E-state index in [-0.39, 0.29) is 24.9 Å². The third-order valence-corrected chi connectivity index (χ3v) is 4.64. The fraction of sp³-hybridized carbons (Fsp3) is 0.600. The third-order valence-electron chi connectivity index (χ3n) is 4.64. The van der Waals surface area contributed by atoms with Crippen molar-refractivity contribution >= 4 is 0 Å². The van der Waals surface area contributed by atoms with Crippen LogP contribution in [0.15, 0.2) is 18.2 Å². The number of fused-ring (bicyclic) bond motifs is 2. The van der Waals surface area contributed by atoms with E-state index in [1.54, 1.807) is 0 Å². The van der Waals surface area contributed by atoms with Gasteiger partial charge in [0, 0.05) is 17.6 Å². The van der Waals surface area contributed by atoms with E-state index >= 15 is 0 Å². The lowest BCUT2D eigenvalue weighted by Crippen LogP contribution is -2.48. The van der Waals surface area contributed by atoms with Crippen molar-refractivity contribution in [3.63, 3.8) is 0 Å². The van der Waals surface area contributed by atoms with Gasteiger partial charge in [0.1, 0.15) is 0 Å². The molecule has 2 nitrogen and oxygen atoms in total. The summed E-state index contributed by atoms with van der Waals surface area (Å²) < 4.78 is 79.5. The van der Waals surface area contributed by atoms with Crippen LogP contribution in [-0.4, -0.2) is 17.2 Å². The van der Waals surface area contributed by atoms with E-state index in [1.807, 2.05) is 0 Å². The predicted octanol–water partition coefficient (Wildman–Crippen LogP) is 3.83. The summed E-state index contributed by atoms with van der Waals surface area (Å²) in [7, 11) is 0. The molecule has 3 rings (SSSR count). The van der Waals surface area contributed by atoms with Crippen LogP contribution in [0, 0.1) is 0 Å². The van der Waals surface area contributed by atoms with Crippen molar-refractivity contribution in [2.75, 3.05) is 0 Å². The molecule has 1 aromatic carbocycles. The molecular formula is C15H15F6NO. The van der Waals surface area contributed by atoms with Crippen LogP contribution in [0.2, 0.25) is 0 Å². The smallest absolute Gasteiger partial charge is 0.385 e. The zero-order valence-electron chi connectivity index (χ0n) is 11.9. The Morgan fingerprint density at radius 3 is 1.74 bits per heavy atom. The van der Waals surface area contributed by atoms with Gasteiger partial charge in [-0.1, -0.05) is 6.07 Å². The van der Waals surface area contributed by atoms with E-state index in [4.69, 9.17) is 0 Å². The standard InChI is InChI=1S/C15H15F6NO/c16-14(17,18)10-2-1-3-11(15(19,20)21)12(10)13(23)6-8-4-5-9(7-13)22-8/h1-3,8-9,22-23H,4-7H2. The molecule has 2 fully saturated rings. The minimum atomic E-state index is -4.96. The zero-order valence-corrected chi connectivity index (χ0v) is 11.9. The molecule has 1 aromatic rings. The summed E-state index contributed by atoms with van der Waals surface area (Å²) in [5, 5.41) is 13.9. The van der Waals surface area contributed by atoms with Crippen LogP contribution < -0.4 is 5.32 Å². The van der Waals surface area contributed by atoms with Gasteiger partial charge in [0.05, 0.1) is 16.7 Å². The molecular weight excluding hydrogens is 324 g/mol. The van der Waals surface area contributed by atoms with Gasteiger partial charge < -0.3 is 10.4 Å². The van der Waals surface area contributed by atoms with Gasteiger partial charge in [-0.15, -0.1) is 0 Å². The monoisotopic (exact) mass is 339 g/mol. The van der Waals surface area contributed by atoms with Gasteiger partial charge in [-0.25, -0.2) is 0 Å². The molecule has 2 aliphatic rings. The van der Waals surface area contributed by atoms with Crippen LogP contribution in [-0.2, 0) is 18.0 Å². The minimum absolute atomic E-state index is 0.153. The molecule has 0 aliphatic carbocycles. The highest BCUT2D eigenvalue weighted by molar-refractivity contribution is 5.44. The third kappa shape index (κ3) is 2.94. The molecule has 2 bridgehead atoms. The number of rotatable bonds is 1. The molecule has 2 saturated heterocycles. The zero-order chi connectivity index (χ0) is 17.0. The molecule has 0 amide bonds. The molecule has 2 aliphatic heterocycles. The van der Waals surface area contributed by atoms with Crippen molar-refractivity contribution in [3.8, 4) is 0 Å². The number of aliphatic hydroxyl groups is 1. The molecule has 23 heavy (non-hydrogen) atoms. The lowest BCUT2D eigenvalue weighted by atomic mass is 9.77. The summed E-state index contributed by atoms with van der Waals surface area (Å²) >= 11 is 0. The number of piperidine rings is 1. The van der Waals surface area contributed by atoms with Crippen molar-refractivity contribution in [1.82, 2.24) is 5.32 Å². The van der Waals surface area contributed by atoms with E-state index in [1.165, 1.54) is 0 Å². The van der Waals surface area contributed by atoms with E-state index < -0.39 is 34.6 Å². The largest absolute Gasteiger partial charge is 0.416 e. The minimum Gasteiger partial charge on any atom is -0.385 e. The Morgan fingerprint density at radius 2 is 1.35 bits per heavy atom. The Bertz CT molecular complexity index is 565. The number of benzene rings is 1. The highest BCUT2D eigenvalue weighted by Crippen LogP contribution is 2.49. The second kappa shape index (κ2) is 5.11. The Morgan fingerprint density at radius 1 is 0.913 bits per heavy atom. The van der Waals surface area contributed by atoms with Crippen molar-refractivity contribution in [2.24, 2.45) is 0 Å². The number of hydrogen-bond acceptors (Lipinski definition) is 2. The first kappa shape index (κ1) is 16.6. The average molecular weight is 339 g/mol. The van der Waals surface area contributed by atoms with Crippen molar-refractivity contribution < 1.29 is 31.4 Å². The van der Waals surface area contributed by atoms with Crippen LogP contribution in [0.3, 0.4) is 0 Å². The summed E-state index contributed by atoms with van der Waals surface area (Å²) in [6.45, 7) is 0. The number of alkyl halides is 6. The van der Waals surface area contributed by atoms with Crippen LogP contribution in [0.5, 0.6) is 0 Å². The average Bonchev–Trinajstić information content (AvgIpc) is 2.76. The molecule has 2 heterocycles. The maximum atomic E-state index is 13.3. The lowest BCUT2D eigenvalue weighted by molar-refractivity contribution is -0.150. The van der Waals surface area contributed by atoms with Gasteiger partial charge in [0.15, 0.2) is 0 Å². The van der Waals surface area contributed by atoms with Gasteiger partial charge in [0.2, 0.25) is 0 Å². The van der Waals surface area contributed by atoms with Gasteiger partial charge in [-0.05, 0) is 37.8 Å². The summed E-state index contributed by atoms with van der Waals surface area (Å²) in [6, 6.07) is 1.41. The van der Waals surface area contributed by atoms with E-state index in [0.29, 0.717) is 25.0 Å². The maximum absolute atomic E-state index is 13.3. The summed E-state index contributed by atoms with van der Waals surface area (Å²) in [4.78, 5) is 0. The first-order valence-electron chi connectivity index (χ1n) is 7.27. The lowest BCUT2D eigenvalue weighted by Gasteiger charge is -2.40. The fourth-order valence-corrected chi connectivity index (χ4v) is 3.85. The Balaban J connectivity index is 2.20. The van der Waals surface area contributed by atoms with Crippen LogP contribution in [0.4, 0.5) is 26.3 Å². The van der Waals surface area contributed by atoms with Crippen LogP contribution >= 0.6 is 0 Å². The maximum Gasteiger partial charge on any atom is 0.416 e. The fourth-order valence-electron chi connectivity index (χ4n) is 3.85. The summed E-state index contributed by atoms with van der Waals surface area (Å²) in [6.07, 6.45) is -8.95. The van der Waals surface area contributed by atoms with Crippen molar-refractivity contribution in [3.05, 3.63) is 34.9 Å². The second-order valence-electron chi connectivity index (χ2n) is 6.30. The van der Waals surface area contributed by atoms with Crippen LogP contribution in [0.25, 0.3) is 0 Å². The number of nitrogens with one attached hydrogen (secondary N) is 1. The molecule has 128 valence electrons. The second-order valence-corrected chi connectivity index (χ2v) is 6.30. The normalized spacial score (nSPS) is 31.4. The SMILES string of the molecule is OC1(c2c(C(F)(F)F)cccc2C(F)(F)F)CC2CCC(C1)N2. The topological polar surface area (TPSA) is 32.3 Å². The van der Waals surface area contributed by atoms with E-state index in [0.717, 1.165) is 6.07 Å². The summed E-state index contributed by atoms with van der Waals surface area (Å²) in [5.74, 6) is 0. The molecule has 2 unspecified atom stereocenters. The Labute approximate surface area is 128 Å². The first-order valence-corrected chi connectivity index (χ1v) is 7.27. The summed E-state index contributed by atoms with van der Waals surface area (Å²) in [5.41, 5.74) is -5.97. The number of halogens is 6. The quantitative estimate of drug-likeness (QED) is 0.763. The predicted molar refractivity (Wildman–Crippen MR) is 69.5 cm³/mol. The van der Waals surface area contributed by atoms with Gasteiger partial charge >= 0.3 is 12.4 Å². The molecule has 0 radical (unpaired) electrons. The molecule has 2 N–H and O–H groups in total. The molecule has 0 saturated carbocycles. The van der Waals surface area contributed by atoms with E-state index in [2.05, 4.69) is 5.32 Å². The molecule has 0 spiro atoms. The van der Waals surface area contributed by atoms with E-state index in [9.17, 15) is 31.4 Å². The molecule has 0 aromatic heterocycles. The van der Waals surface area contributed by atoms with Crippen LogP contribution in [0.1, 0.15) is 42.4 Å². The first-order chi connectivity index (χ1) is 10.5. The molecule has 2 atom stereocenters. The molecule has 8 heteroatoms. The Kier molecular flexibility index (Phi) is 3.68. The highest BCUT2D eigenvalue weighted by atomic mass is 19.4. The highest BCUT2D eigenvalue weighted by Gasteiger charge is 2.51. The van der Waals surface area contributed by atoms with Crippen molar-refractivity contribution in [2.45, 2.75) is 55.7 Å². The number of hydrogen-bond donors (Lipinski definition) is 2. The van der Waals surface area contributed by atoms with Crippen molar-refractivity contribution in [1.29, 1.82) is 0 Å². The van der Waals surface area contributed by atoms with Gasteiger partial charge in [-0.2, -0.15) is 26.3 Å². The van der Waals surface area contributed by atoms with Gasteiger partial charge in [0.25, 0.3) is 0 Å². The van der Waals surface area contributed by atoms with Gasteiger partial charge in [-0.3, -0.25) is 0 Å². The Hall–Kier alpha value is -1.28.